The molecule has 2 rings (SSSR count). The number of aliphatic imine (C=N–C) groups is 1. The Morgan fingerprint density at radius 2 is 1.96 bits per heavy atom. The Bertz CT molecular complexity index is 619. The maximum Gasteiger partial charge on any atom is 0.409 e. The van der Waals surface area contributed by atoms with E-state index in [2.05, 4.69) is 44.9 Å². The lowest BCUT2D eigenvalue weighted by Crippen LogP contribution is -2.54. The highest BCUT2D eigenvalue weighted by Crippen LogP contribution is 2.07. The zero-order chi connectivity index (χ0) is 19.1. The summed E-state index contributed by atoms with van der Waals surface area (Å²) in [6.07, 6.45) is -0.228. The molecule has 146 valence electrons. The highest BCUT2D eigenvalue weighted by atomic mass is 16.6. The lowest BCUT2D eigenvalue weighted by atomic mass is 10.2. The van der Waals surface area contributed by atoms with Crippen LogP contribution in [0.15, 0.2) is 11.1 Å². The van der Waals surface area contributed by atoms with E-state index in [4.69, 9.17) is 4.74 Å². The lowest BCUT2D eigenvalue weighted by molar-refractivity contribution is 0.0914. The monoisotopic (exact) mass is 364 g/mol. The number of rotatable bonds is 5. The van der Waals surface area contributed by atoms with Crippen LogP contribution in [0.3, 0.4) is 0 Å². The summed E-state index contributed by atoms with van der Waals surface area (Å²) in [4.78, 5) is 20.1. The van der Waals surface area contributed by atoms with Gasteiger partial charge in [-0.25, -0.2) is 4.79 Å². The summed E-state index contributed by atoms with van der Waals surface area (Å²) in [6.45, 7) is 13.1. The fraction of sp³-hybridized carbons (Fsp3) is 0.722. The van der Waals surface area contributed by atoms with E-state index in [1.807, 2.05) is 13.8 Å². The number of amides is 1. The minimum atomic E-state index is -0.228. The van der Waals surface area contributed by atoms with Gasteiger partial charge in [-0.15, -0.1) is 0 Å². The van der Waals surface area contributed by atoms with Gasteiger partial charge in [-0.2, -0.15) is 5.10 Å². The summed E-state index contributed by atoms with van der Waals surface area (Å²) in [5, 5.41) is 7.98. The van der Waals surface area contributed by atoms with Gasteiger partial charge in [0, 0.05) is 52.0 Å². The van der Waals surface area contributed by atoms with E-state index in [-0.39, 0.29) is 6.09 Å². The molecule has 2 heterocycles. The van der Waals surface area contributed by atoms with Crippen molar-refractivity contribution in [1.29, 1.82) is 0 Å². The van der Waals surface area contributed by atoms with Crippen LogP contribution in [0.2, 0.25) is 0 Å². The number of aryl methyl sites for hydroxylation is 2. The van der Waals surface area contributed by atoms with Crippen molar-refractivity contribution < 1.29 is 9.53 Å². The molecule has 1 N–H and O–H groups in total. The summed E-state index contributed by atoms with van der Waals surface area (Å²) in [7, 11) is 1.80. The van der Waals surface area contributed by atoms with E-state index >= 15 is 0 Å². The largest absolute Gasteiger partial charge is 0.450 e. The van der Waals surface area contributed by atoms with Gasteiger partial charge in [-0.05, 0) is 32.8 Å². The molecule has 8 heteroatoms. The van der Waals surface area contributed by atoms with Gasteiger partial charge in [0.2, 0.25) is 0 Å². The second-order valence-electron chi connectivity index (χ2n) is 6.82. The molecule has 0 saturated carbocycles. The molecule has 8 nitrogen and oxygen atoms in total. The van der Waals surface area contributed by atoms with Crippen molar-refractivity contribution in [2.45, 2.75) is 34.2 Å². The van der Waals surface area contributed by atoms with Crippen LogP contribution in [-0.4, -0.2) is 78.0 Å². The van der Waals surface area contributed by atoms with E-state index < -0.39 is 0 Å². The Morgan fingerprint density at radius 1 is 1.31 bits per heavy atom. The maximum absolute atomic E-state index is 11.8. The van der Waals surface area contributed by atoms with Crippen molar-refractivity contribution in [2.75, 3.05) is 46.4 Å². The van der Waals surface area contributed by atoms with E-state index in [0.717, 1.165) is 37.8 Å². The first-order valence-electron chi connectivity index (χ1n) is 9.33. The third-order valence-electron chi connectivity index (χ3n) is 4.51. The van der Waals surface area contributed by atoms with Crippen LogP contribution in [-0.2, 0) is 11.3 Å². The molecule has 1 aromatic rings. The average Bonchev–Trinajstić information content (AvgIpc) is 2.93. The summed E-state index contributed by atoms with van der Waals surface area (Å²) in [5.74, 6) is 1.30. The fourth-order valence-corrected chi connectivity index (χ4v) is 3.13. The van der Waals surface area contributed by atoms with Gasteiger partial charge in [0.25, 0.3) is 0 Å². The fourth-order valence-electron chi connectivity index (χ4n) is 3.13. The molecule has 1 saturated heterocycles. The predicted molar refractivity (Wildman–Crippen MR) is 102 cm³/mol. The SMILES string of the molecule is CCOC(=O)N1CCN(C(=NC)NCC(C)Cn2nc(C)cc2C)CC1. The second-order valence-corrected chi connectivity index (χ2v) is 6.82. The molecule has 0 spiro atoms. The Kier molecular flexibility index (Phi) is 7.29. The zero-order valence-corrected chi connectivity index (χ0v) is 16.7. The summed E-state index contributed by atoms with van der Waals surface area (Å²) in [6, 6.07) is 2.10. The lowest BCUT2D eigenvalue weighted by Gasteiger charge is -2.36. The van der Waals surface area contributed by atoms with Crippen molar-refractivity contribution in [3.63, 3.8) is 0 Å². The summed E-state index contributed by atoms with van der Waals surface area (Å²) >= 11 is 0. The molecule has 1 aromatic heterocycles. The Labute approximate surface area is 156 Å². The molecule has 1 amide bonds. The van der Waals surface area contributed by atoms with E-state index in [1.165, 1.54) is 5.69 Å². The minimum Gasteiger partial charge on any atom is -0.450 e. The van der Waals surface area contributed by atoms with Crippen LogP contribution in [0, 0.1) is 19.8 Å². The van der Waals surface area contributed by atoms with Gasteiger partial charge in [0.15, 0.2) is 5.96 Å². The predicted octanol–water partition coefficient (Wildman–Crippen LogP) is 1.49. The van der Waals surface area contributed by atoms with Crippen molar-refractivity contribution in [1.82, 2.24) is 24.9 Å². The number of piperazine rings is 1. The molecule has 1 fully saturated rings. The smallest absolute Gasteiger partial charge is 0.409 e. The quantitative estimate of drug-likeness (QED) is 0.633. The van der Waals surface area contributed by atoms with E-state index in [1.54, 1.807) is 11.9 Å². The molecule has 1 atom stereocenters. The Hall–Kier alpha value is -2.25. The highest BCUT2D eigenvalue weighted by molar-refractivity contribution is 5.80. The molecule has 0 aliphatic carbocycles. The number of carbonyl (C=O) groups excluding carboxylic acids is 1. The number of nitrogens with one attached hydrogen (secondary N) is 1. The summed E-state index contributed by atoms with van der Waals surface area (Å²) in [5.41, 5.74) is 2.24. The van der Waals surface area contributed by atoms with Gasteiger partial charge in [0.05, 0.1) is 12.3 Å². The van der Waals surface area contributed by atoms with Crippen molar-refractivity contribution in [3.05, 3.63) is 17.5 Å². The standard InChI is InChI=1S/C18H32N6O2/c1-6-26-18(25)23-9-7-22(8-10-23)17(19-5)20-12-14(2)13-24-16(4)11-15(3)21-24/h11,14H,6-10,12-13H2,1-5H3,(H,19,20). The number of aromatic nitrogens is 2. The number of carbonyl (C=O) groups is 1. The third kappa shape index (κ3) is 5.37. The van der Waals surface area contributed by atoms with Crippen molar-refractivity contribution in [3.8, 4) is 0 Å². The normalized spacial score (nSPS) is 16.6. The molecule has 26 heavy (non-hydrogen) atoms. The summed E-state index contributed by atoms with van der Waals surface area (Å²) < 4.78 is 7.12. The van der Waals surface area contributed by atoms with Gasteiger partial charge < -0.3 is 19.9 Å². The van der Waals surface area contributed by atoms with Gasteiger partial charge in [0.1, 0.15) is 0 Å². The Morgan fingerprint density at radius 3 is 2.50 bits per heavy atom. The molecular formula is C18H32N6O2. The van der Waals surface area contributed by atoms with Crippen LogP contribution in [0.4, 0.5) is 4.79 Å². The minimum absolute atomic E-state index is 0.228. The molecule has 0 bridgehead atoms. The second kappa shape index (κ2) is 9.45. The highest BCUT2D eigenvalue weighted by Gasteiger charge is 2.23. The molecule has 0 radical (unpaired) electrons. The van der Waals surface area contributed by atoms with Crippen LogP contribution >= 0.6 is 0 Å². The topological polar surface area (TPSA) is 75.0 Å². The first-order chi connectivity index (χ1) is 12.4. The van der Waals surface area contributed by atoms with Gasteiger partial charge in [-0.1, -0.05) is 6.92 Å². The average molecular weight is 364 g/mol. The molecular weight excluding hydrogens is 332 g/mol. The first kappa shape index (κ1) is 20.1. The number of guanidine groups is 1. The molecule has 1 unspecified atom stereocenters. The number of nitrogens with zero attached hydrogens (tertiary/aromatic N) is 5. The van der Waals surface area contributed by atoms with Crippen LogP contribution in [0.1, 0.15) is 25.2 Å². The van der Waals surface area contributed by atoms with Crippen molar-refractivity contribution in [2.24, 2.45) is 10.9 Å². The first-order valence-corrected chi connectivity index (χ1v) is 9.33. The third-order valence-corrected chi connectivity index (χ3v) is 4.51. The number of hydrogen-bond donors (Lipinski definition) is 1. The van der Waals surface area contributed by atoms with E-state index in [0.29, 0.717) is 25.6 Å². The van der Waals surface area contributed by atoms with Crippen molar-refractivity contribution >= 4 is 12.1 Å². The maximum atomic E-state index is 11.8. The van der Waals surface area contributed by atoms with E-state index in [9.17, 15) is 4.79 Å². The zero-order valence-electron chi connectivity index (χ0n) is 16.7. The van der Waals surface area contributed by atoms with Gasteiger partial charge in [-0.3, -0.25) is 9.67 Å². The van der Waals surface area contributed by atoms with Crippen LogP contribution in [0.25, 0.3) is 0 Å². The van der Waals surface area contributed by atoms with Gasteiger partial charge >= 0.3 is 6.09 Å². The molecule has 1 aliphatic rings. The number of hydrogen-bond acceptors (Lipinski definition) is 4. The van der Waals surface area contributed by atoms with Crippen LogP contribution in [0.5, 0.6) is 0 Å². The van der Waals surface area contributed by atoms with Crippen LogP contribution < -0.4 is 5.32 Å². The molecule has 0 aromatic carbocycles. The number of ether oxygens (including phenoxy) is 1. The Balaban J connectivity index is 1.79. The molecule has 1 aliphatic heterocycles.